The maximum atomic E-state index is 11.7. The van der Waals surface area contributed by atoms with Gasteiger partial charge >= 0.3 is 0 Å². The Kier molecular flexibility index (Phi) is 6.54. The number of amides is 1. The van der Waals surface area contributed by atoms with Gasteiger partial charge in [0.15, 0.2) is 0 Å². The van der Waals surface area contributed by atoms with Crippen molar-refractivity contribution < 1.29 is 9.53 Å². The molecule has 1 unspecified atom stereocenters. The van der Waals surface area contributed by atoms with Crippen molar-refractivity contribution >= 4 is 5.91 Å². The molecule has 0 saturated heterocycles. The van der Waals surface area contributed by atoms with E-state index in [1.807, 2.05) is 25.7 Å². The van der Waals surface area contributed by atoms with Gasteiger partial charge in [0.2, 0.25) is 5.91 Å². The number of rotatable bonds is 6. The van der Waals surface area contributed by atoms with E-state index in [-0.39, 0.29) is 18.6 Å². The standard InChI is InChI=1S/C11H23NO2/c1-6-10(5)12(7-2)11(13)8-14-9(3)4/h9-10H,6-8H2,1-5H3. The van der Waals surface area contributed by atoms with Crippen molar-refractivity contribution in [3.63, 3.8) is 0 Å². The zero-order valence-electron chi connectivity index (χ0n) is 10.0. The summed E-state index contributed by atoms with van der Waals surface area (Å²) in [5, 5.41) is 0. The molecule has 0 aromatic rings. The van der Waals surface area contributed by atoms with E-state index in [1.165, 1.54) is 0 Å². The summed E-state index contributed by atoms with van der Waals surface area (Å²) >= 11 is 0. The van der Waals surface area contributed by atoms with Gasteiger partial charge in [0.25, 0.3) is 0 Å². The molecule has 0 N–H and O–H groups in total. The molecule has 0 aliphatic rings. The van der Waals surface area contributed by atoms with Crippen LogP contribution in [0, 0.1) is 0 Å². The van der Waals surface area contributed by atoms with Crippen molar-refractivity contribution in [3.8, 4) is 0 Å². The Labute approximate surface area is 87.4 Å². The van der Waals surface area contributed by atoms with E-state index in [0.29, 0.717) is 6.04 Å². The van der Waals surface area contributed by atoms with Crippen LogP contribution in [0.3, 0.4) is 0 Å². The molecule has 0 aliphatic carbocycles. The Morgan fingerprint density at radius 2 is 1.86 bits per heavy atom. The summed E-state index contributed by atoms with van der Waals surface area (Å²) in [6.45, 7) is 11.0. The molecule has 0 bridgehead atoms. The highest BCUT2D eigenvalue weighted by Gasteiger charge is 2.16. The van der Waals surface area contributed by atoms with Crippen LogP contribution in [0.25, 0.3) is 0 Å². The lowest BCUT2D eigenvalue weighted by atomic mass is 10.2. The first kappa shape index (κ1) is 13.4. The van der Waals surface area contributed by atoms with Gasteiger partial charge in [-0.25, -0.2) is 0 Å². The molecule has 0 radical (unpaired) electrons. The zero-order chi connectivity index (χ0) is 11.1. The summed E-state index contributed by atoms with van der Waals surface area (Å²) < 4.78 is 5.29. The second kappa shape index (κ2) is 6.82. The highest BCUT2D eigenvalue weighted by molar-refractivity contribution is 5.77. The normalized spacial score (nSPS) is 13.0. The molecule has 3 nitrogen and oxygen atoms in total. The van der Waals surface area contributed by atoms with Gasteiger partial charge in [0.1, 0.15) is 6.61 Å². The Bertz CT molecular complexity index is 169. The smallest absolute Gasteiger partial charge is 0.248 e. The average molecular weight is 201 g/mol. The first-order valence-electron chi connectivity index (χ1n) is 5.43. The predicted molar refractivity (Wildman–Crippen MR) is 58.2 cm³/mol. The van der Waals surface area contributed by atoms with Gasteiger partial charge in [-0.05, 0) is 34.1 Å². The molecule has 0 aromatic carbocycles. The minimum Gasteiger partial charge on any atom is -0.369 e. The van der Waals surface area contributed by atoms with E-state index in [9.17, 15) is 4.79 Å². The summed E-state index contributed by atoms with van der Waals surface area (Å²) in [6, 6.07) is 0.309. The van der Waals surface area contributed by atoms with Crippen LogP contribution in [0.2, 0.25) is 0 Å². The molecule has 0 saturated carbocycles. The number of hydrogen-bond donors (Lipinski definition) is 0. The maximum Gasteiger partial charge on any atom is 0.248 e. The summed E-state index contributed by atoms with van der Waals surface area (Å²) in [7, 11) is 0. The summed E-state index contributed by atoms with van der Waals surface area (Å²) in [5.41, 5.74) is 0. The number of carbonyl (C=O) groups is 1. The van der Waals surface area contributed by atoms with Crippen LogP contribution in [-0.4, -0.2) is 36.1 Å². The van der Waals surface area contributed by atoms with Crippen LogP contribution in [-0.2, 0) is 9.53 Å². The monoisotopic (exact) mass is 201 g/mol. The lowest BCUT2D eigenvalue weighted by molar-refractivity contribution is -0.139. The minimum atomic E-state index is 0.0931. The summed E-state index contributed by atoms with van der Waals surface area (Å²) in [4.78, 5) is 13.5. The molecular formula is C11H23NO2. The molecule has 0 aromatic heterocycles. The number of hydrogen-bond acceptors (Lipinski definition) is 2. The Morgan fingerprint density at radius 1 is 1.29 bits per heavy atom. The van der Waals surface area contributed by atoms with Gasteiger partial charge in [-0.3, -0.25) is 4.79 Å². The van der Waals surface area contributed by atoms with Crippen LogP contribution >= 0.6 is 0 Å². The Morgan fingerprint density at radius 3 is 2.21 bits per heavy atom. The third kappa shape index (κ3) is 4.61. The minimum absolute atomic E-state index is 0.0931. The molecule has 3 heteroatoms. The van der Waals surface area contributed by atoms with Gasteiger partial charge in [0.05, 0.1) is 6.10 Å². The van der Waals surface area contributed by atoms with Crippen molar-refractivity contribution in [1.82, 2.24) is 4.90 Å². The number of likely N-dealkylation sites (N-methyl/N-ethyl adjacent to an activating group) is 1. The van der Waals surface area contributed by atoms with Gasteiger partial charge < -0.3 is 9.64 Å². The van der Waals surface area contributed by atoms with E-state index in [4.69, 9.17) is 4.74 Å². The number of ether oxygens (including phenoxy) is 1. The third-order valence-electron chi connectivity index (χ3n) is 2.32. The maximum absolute atomic E-state index is 11.7. The van der Waals surface area contributed by atoms with Crippen LogP contribution in [0.4, 0.5) is 0 Å². The number of nitrogens with zero attached hydrogens (tertiary/aromatic N) is 1. The fourth-order valence-electron chi connectivity index (χ4n) is 1.28. The van der Waals surface area contributed by atoms with Crippen LogP contribution in [0.5, 0.6) is 0 Å². The molecule has 0 aliphatic heterocycles. The SMILES string of the molecule is CCC(C)N(CC)C(=O)COC(C)C. The molecule has 14 heavy (non-hydrogen) atoms. The van der Waals surface area contributed by atoms with Crippen molar-refractivity contribution in [3.05, 3.63) is 0 Å². The molecule has 1 atom stereocenters. The third-order valence-corrected chi connectivity index (χ3v) is 2.32. The van der Waals surface area contributed by atoms with Crippen LogP contribution in [0.15, 0.2) is 0 Å². The van der Waals surface area contributed by atoms with E-state index in [1.54, 1.807) is 0 Å². The predicted octanol–water partition coefficient (Wildman–Crippen LogP) is 2.06. The lowest BCUT2D eigenvalue weighted by Crippen LogP contribution is -2.40. The van der Waals surface area contributed by atoms with Crippen molar-refractivity contribution in [1.29, 1.82) is 0 Å². The first-order chi connectivity index (χ1) is 6.52. The molecule has 1 amide bonds. The van der Waals surface area contributed by atoms with Crippen molar-refractivity contribution in [2.24, 2.45) is 0 Å². The van der Waals surface area contributed by atoms with Crippen LogP contribution < -0.4 is 0 Å². The van der Waals surface area contributed by atoms with E-state index < -0.39 is 0 Å². The topological polar surface area (TPSA) is 29.5 Å². The van der Waals surface area contributed by atoms with Crippen molar-refractivity contribution in [2.75, 3.05) is 13.2 Å². The Hall–Kier alpha value is -0.570. The second-order valence-corrected chi connectivity index (χ2v) is 3.80. The molecule has 84 valence electrons. The largest absolute Gasteiger partial charge is 0.369 e. The van der Waals surface area contributed by atoms with Crippen molar-refractivity contribution in [2.45, 2.75) is 53.2 Å². The molecule has 0 fully saturated rings. The highest BCUT2D eigenvalue weighted by atomic mass is 16.5. The Balaban J connectivity index is 4.04. The first-order valence-corrected chi connectivity index (χ1v) is 5.43. The van der Waals surface area contributed by atoms with Crippen LogP contribution in [0.1, 0.15) is 41.0 Å². The number of carbonyl (C=O) groups excluding carboxylic acids is 1. The van der Waals surface area contributed by atoms with E-state index in [0.717, 1.165) is 13.0 Å². The average Bonchev–Trinajstić information content (AvgIpc) is 2.15. The summed E-state index contributed by atoms with van der Waals surface area (Å²) in [6.07, 6.45) is 1.11. The quantitative estimate of drug-likeness (QED) is 0.658. The summed E-state index contributed by atoms with van der Waals surface area (Å²) in [5.74, 6) is 0.0931. The van der Waals surface area contributed by atoms with Gasteiger partial charge in [-0.15, -0.1) is 0 Å². The highest BCUT2D eigenvalue weighted by Crippen LogP contribution is 2.04. The molecule has 0 rings (SSSR count). The fraction of sp³-hybridized carbons (Fsp3) is 0.909. The second-order valence-electron chi connectivity index (χ2n) is 3.80. The van der Waals surface area contributed by atoms with E-state index >= 15 is 0 Å². The molecular weight excluding hydrogens is 178 g/mol. The zero-order valence-corrected chi connectivity index (χ0v) is 10.0. The van der Waals surface area contributed by atoms with Gasteiger partial charge in [0, 0.05) is 12.6 Å². The van der Waals surface area contributed by atoms with E-state index in [2.05, 4.69) is 13.8 Å². The van der Waals surface area contributed by atoms with Gasteiger partial charge in [-0.1, -0.05) is 6.92 Å². The lowest BCUT2D eigenvalue weighted by Gasteiger charge is -2.27. The van der Waals surface area contributed by atoms with Gasteiger partial charge in [-0.2, -0.15) is 0 Å². The molecule has 0 spiro atoms. The fourth-order valence-corrected chi connectivity index (χ4v) is 1.28. The molecule has 0 heterocycles.